The lowest BCUT2D eigenvalue weighted by atomic mass is 9.86. The molecule has 0 aromatic heterocycles. The third-order valence-corrected chi connectivity index (χ3v) is 5.57. The minimum Gasteiger partial charge on any atom is -0.465 e. The second-order valence-electron chi connectivity index (χ2n) is 6.08. The number of carbonyl (C=O) groups excluding carboxylic acids is 1. The van der Waals surface area contributed by atoms with Crippen molar-refractivity contribution in [3.05, 3.63) is 35.9 Å². The summed E-state index contributed by atoms with van der Waals surface area (Å²) in [5.41, 5.74) is 0.948. The second kappa shape index (κ2) is 5.98. The van der Waals surface area contributed by atoms with E-state index >= 15 is 0 Å². The highest BCUT2D eigenvalue weighted by Gasteiger charge is 2.34. The molecule has 3 rings (SSSR count). The number of nitrogens with zero attached hydrogens (tertiary/aromatic N) is 1. The van der Waals surface area contributed by atoms with Gasteiger partial charge < -0.3 is 9.64 Å². The summed E-state index contributed by atoms with van der Waals surface area (Å²) in [4.78, 5) is 14.1. The Morgan fingerprint density at radius 3 is 2.35 bits per heavy atom. The molecule has 0 bridgehead atoms. The van der Waals surface area contributed by atoms with E-state index in [9.17, 15) is 13.2 Å². The topological polar surface area (TPSA) is 89.7 Å². The zero-order valence-electron chi connectivity index (χ0n) is 12.9. The predicted octanol–water partition coefficient (Wildman–Crippen LogP) is 1.52. The van der Waals surface area contributed by atoms with Crippen LogP contribution in [0.1, 0.15) is 23.2 Å². The third-order valence-electron chi connectivity index (χ3n) is 4.66. The van der Waals surface area contributed by atoms with Crippen LogP contribution in [0.5, 0.6) is 0 Å². The van der Waals surface area contributed by atoms with E-state index in [-0.39, 0.29) is 10.5 Å². The minimum absolute atomic E-state index is 0.0834. The summed E-state index contributed by atoms with van der Waals surface area (Å²) in [6.45, 7) is 1.71. The molecule has 1 aromatic rings. The fourth-order valence-corrected chi connectivity index (χ4v) is 3.99. The molecule has 0 radical (unpaired) electrons. The van der Waals surface area contributed by atoms with Crippen LogP contribution in [0.2, 0.25) is 0 Å². The van der Waals surface area contributed by atoms with E-state index in [4.69, 9.17) is 9.88 Å². The SMILES string of the molecule is COC(=O)c1cc(S(N)(=O)=O)ccc1N1CC2CC=CCC2C1. The van der Waals surface area contributed by atoms with Gasteiger partial charge in [0.2, 0.25) is 10.0 Å². The maximum atomic E-state index is 12.1. The Kier molecular flexibility index (Phi) is 4.16. The number of fused-ring (bicyclic) bond motifs is 1. The van der Waals surface area contributed by atoms with Crippen molar-refractivity contribution in [1.29, 1.82) is 0 Å². The molecule has 124 valence electrons. The maximum absolute atomic E-state index is 12.1. The van der Waals surface area contributed by atoms with Crippen LogP contribution in [-0.4, -0.2) is 34.6 Å². The third kappa shape index (κ3) is 3.11. The zero-order valence-corrected chi connectivity index (χ0v) is 13.8. The van der Waals surface area contributed by atoms with Gasteiger partial charge in [0.25, 0.3) is 0 Å². The van der Waals surface area contributed by atoms with E-state index in [1.54, 1.807) is 6.07 Å². The van der Waals surface area contributed by atoms with Gasteiger partial charge in [-0.2, -0.15) is 0 Å². The van der Waals surface area contributed by atoms with Crippen LogP contribution in [0.4, 0.5) is 5.69 Å². The van der Waals surface area contributed by atoms with E-state index in [2.05, 4.69) is 17.1 Å². The van der Waals surface area contributed by atoms with Crippen LogP contribution in [0.15, 0.2) is 35.2 Å². The lowest BCUT2D eigenvalue weighted by Gasteiger charge is -2.21. The van der Waals surface area contributed by atoms with Gasteiger partial charge in [-0.3, -0.25) is 0 Å². The number of ether oxygens (including phenoxy) is 1. The van der Waals surface area contributed by atoms with Gasteiger partial charge in [0.15, 0.2) is 0 Å². The number of carbonyl (C=O) groups is 1. The van der Waals surface area contributed by atoms with E-state index in [0.717, 1.165) is 25.9 Å². The molecule has 1 heterocycles. The molecule has 2 atom stereocenters. The Balaban J connectivity index is 1.97. The summed E-state index contributed by atoms with van der Waals surface area (Å²) in [7, 11) is -2.58. The summed E-state index contributed by atoms with van der Waals surface area (Å²) in [6.07, 6.45) is 6.50. The molecular formula is C16H20N2O4S. The largest absolute Gasteiger partial charge is 0.465 e. The van der Waals surface area contributed by atoms with Gasteiger partial charge in [0.05, 0.1) is 23.3 Å². The van der Waals surface area contributed by atoms with E-state index in [1.165, 1.54) is 19.2 Å². The molecule has 2 unspecified atom stereocenters. The van der Waals surface area contributed by atoms with E-state index in [1.807, 2.05) is 0 Å². The summed E-state index contributed by atoms with van der Waals surface area (Å²) < 4.78 is 27.9. The predicted molar refractivity (Wildman–Crippen MR) is 86.7 cm³/mol. The van der Waals surface area contributed by atoms with Crippen molar-refractivity contribution in [3.63, 3.8) is 0 Å². The first-order valence-electron chi connectivity index (χ1n) is 7.55. The first-order valence-corrected chi connectivity index (χ1v) is 9.10. The normalized spacial score (nSPS) is 23.7. The number of esters is 1. The Morgan fingerprint density at radius 1 is 1.22 bits per heavy atom. The summed E-state index contributed by atoms with van der Waals surface area (Å²) >= 11 is 0. The molecule has 1 aliphatic carbocycles. The van der Waals surface area contributed by atoms with Gasteiger partial charge >= 0.3 is 5.97 Å². The number of hydrogen-bond acceptors (Lipinski definition) is 5. The molecule has 23 heavy (non-hydrogen) atoms. The number of benzene rings is 1. The van der Waals surface area contributed by atoms with Gasteiger partial charge in [-0.15, -0.1) is 0 Å². The Hall–Kier alpha value is -1.86. The van der Waals surface area contributed by atoms with Crippen molar-refractivity contribution in [3.8, 4) is 0 Å². The molecule has 2 aliphatic rings. The Morgan fingerprint density at radius 2 is 1.83 bits per heavy atom. The average Bonchev–Trinajstić information content (AvgIpc) is 2.96. The minimum atomic E-state index is -3.86. The number of hydrogen-bond donors (Lipinski definition) is 1. The van der Waals surface area contributed by atoms with E-state index < -0.39 is 16.0 Å². The molecule has 7 heteroatoms. The zero-order chi connectivity index (χ0) is 16.6. The lowest BCUT2D eigenvalue weighted by Crippen LogP contribution is -2.23. The fourth-order valence-electron chi connectivity index (χ4n) is 3.45. The molecule has 0 saturated carbocycles. The number of methoxy groups -OCH3 is 1. The standard InChI is InChI=1S/C16H20N2O4S/c1-22-16(19)14-8-13(23(17,20)21)6-7-15(14)18-9-11-4-2-3-5-12(11)10-18/h2-3,6-8,11-12H,4-5,9-10H2,1H3,(H2,17,20,21). The summed E-state index contributed by atoms with van der Waals surface area (Å²) in [5.74, 6) is 0.588. The molecule has 1 aromatic carbocycles. The Labute approximate surface area is 136 Å². The second-order valence-corrected chi connectivity index (χ2v) is 7.64. The number of sulfonamides is 1. The molecular weight excluding hydrogens is 316 g/mol. The van der Waals surface area contributed by atoms with Gasteiger partial charge in [-0.25, -0.2) is 18.4 Å². The summed E-state index contributed by atoms with van der Waals surface area (Å²) in [5, 5.41) is 5.16. The molecule has 1 saturated heterocycles. The quantitative estimate of drug-likeness (QED) is 0.668. The molecule has 1 aliphatic heterocycles. The van der Waals surface area contributed by atoms with E-state index in [0.29, 0.717) is 17.5 Å². The van der Waals surface area contributed by atoms with Gasteiger partial charge in [0, 0.05) is 13.1 Å². The van der Waals surface area contributed by atoms with Crippen molar-refractivity contribution in [2.45, 2.75) is 17.7 Å². The molecule has 0 amide bonds. The van der Waals surface area contributed by atoms with Crippen molar-refractivity contribution >= 4 is 21.7 Å². The van der Waals surface area contributed by atoms with Gasteiger partial charge in [0.1, 0.15) is 0 Å². The van der Waals surface area contributed by atoms with Crippen molar-refractivity contribution in [2.75, 3.05) is 25.1 Å². The number of allylic oxidation sites excluding steroid dienone is 2. The van der Waals surface area contributed by atoms with Gasteiger partial charge in [-0.05, 0) is 42.9 Å². The highest BCUT2D eigenvalue weighted by molar-refractivity contribution is 7.89. The highest BCUT2D eigenvalue weighted by atomic mass is 32.2. The van der Waals surface area contributed by atoms with Gasteiger partial charge in [-0.1, -0.05) is 12.2 Å². The first kappa shape index (κ1) is 16.0. The smallest absolute Gasteiger partial charge is 0.340 e. The highest BCUT2D eigenvalue weighted by Crippen LogP contribution is 2.37. The maximum Gasteiger partial charge on any atom is 0.340 e. The fraction of sp³-hybridized carbons (Fsp3) is 0.438. The summed E-state index contributed by atoms with van der Waals surface area (Å²) in [6, 6.07) is 4.39. The van der Waals surface area contributed by atoms with Crippen LogP contribution in [0, 0.1) is 11.8 Å². The van der Waals surface area contributed by atoms with Crippen LogP contribution in [-0.2, 0) is 14.8 Å². The first-order chi connectivity index (χ1) is 10.9. The van der Waals surface area contributed by atoms with Crippen molar-refractivity contribution in [2.24, 2.45) is 17.0 Å². The van der Waals surface area contributed by atoms with Crippen LogP contribution in [0.25, 0.3) is 0 Å². The number of primary sulfonamides is 1. The van der Waals surface area contributed by atoms with Crippen LogP contribution >= 0.6 is 0 Å². The average molecular weight is 336 g/mol. The molecule has 1 fully saturated rings. The van der Waals surface area contributed by atoms with Crippen LogP contribution in [0.3, 0.4) is 0 Å². The Bertz CT molecular complexity index is 741. The molecule has 0 spiro atoms. The number of nitrogens with two attached hydrogens (primary N) is 1. The van der Waals surface area contributed by atoms with Crippen molar-refractivity contribution < 1.29 is 17.9 Å². The number of anilines is 1. The number of rotatable bonds is 3. The lowest BCUT2D eigenvalue weighted by molar-refractivity contribution is 0.0601. The van der Waals surface area contributed by atoms with Crippen molar-refractivity contribution in [1.82, 2.24) is 0 Å². The molecule has 6 nitrogen and oxygen atoms in total. The van der Waals surface area contributed by atoms with Crippen LogP contribution < -0.4 is 10.0 Å². The molecule has 2 N–H and O–H groups in total. The monoisotopic (exact) mass is 336 g/mol.